The molecule has 0 amide bonds. The summed E-state index contributed by atoms with van der Waals surface area (Å²) in [6.07, 6.45) is 5.05. The van der Waals surface area contributed by atoms with Gasteiger partial charge in [-0.2, -0.15) is 5.10 Å². The average Bonchev–Trinajstić information content (AvgIpc) is 2.82. The quantitative estimate of drug-likeness (QED) is 0.683. The first-order valence-electron chi connectivity index (χ1n) is 5.11. The van der Waals surface area contributed by atoms with Crippen LogP contribution in [0.3, 0.4) is 0 Å². The Bertz CT molecular complexity index is 726. The first-order chi connectivity index (χ1) is 8.75. The smallest absolute Gasteiger partial charge is 0.205 e. The van der Waals surface area contributed by atoms with E-state index in [2.05, 4.69) is 20.2 Å². The van der Waals surface area contributed by atoms with Crippen LogP contribution in [0.15, 0.2) is 41.8 Å². The van der Waals surface area contributed by atoms with Crippen molar-refractivity contribution in [2.45, 2.75) is 5.03 Å². The summed E-state index contributed by atoms with van der Waals surface area (Å²) in [5.41, 5.74) is 2.13. The van der Waals surface area contributed by atoms with Crippen LogP contribution in [-0.4, -0.2) is 28.9 Å². The third-order valence-electron chi connectivity index (χ3n) is 2.54. The highest BCUT2D eigenvalue weighted by molar-refractivity contribution is 7.79. The Morgan fingerprint density at radius 3 is 2.89 bits per heavy atom. The number of pyridine rings is 2. The van der Waals surface area contributed by atoms with Crippen molar-refractivity contribution >= 4 is 22.1 Å². The number of fused-ring (bicyclic) bond motifs is 1. The van der Waals surface area contributed by atoms with E-state index in [-0.39, 0.29) is 5.03 Å². The molecule has 3 aromatic rings. The van der Waals surface area contributed by atoms with Crippen LogP contribution in [0.1, 0.15) is 0 Å². The summed E-state index contributed by atoms with van der Waals surface area (Å²) in [5.74, 6) is 0. The van der Waals surface area contributed by atoms with Crippen LogP contribution in [-0.2, 0) is 11.1 Å². The van der Waals surface area contributed by atoms with E-state index in [0.717, 1.165) is 11.1 Å². The second-order valence-electron chi connectivity index (χ2n) is 3.64. The fraction of sp³-hybridized carbons (Fsp3) is 0. The first-order valence-corrected chi connectivity index (χ1v) is 6.22. The van der Waals surface area contributed by atoms with Gasteiger partial charge in [0.05, 0.1) is 5.39 Å². The van der Waals surface area contributed by atoms with E-state index in [0.29, 0.717) is 11.0 Å². The number of hydrogen-bond acceptors (Lipinski definition) is 4. The lowest BCUT2D eigenvalue weighted by molar-refractivity contribution is 0.561. The Morgan fingerprint density at radius 2 is 2.17 bits per heavy atom. The molecule has 7 heteroatoms. The molecule has 0 aliphatic carbocycles. The zero-order valence-electron chi connectivity index (χ0n) is 9.07. The maximum absolute atomic E-state index is 11.1. The molecule has 0 saturated heterocycles. The predicted octanol–water partition coefficient (Wildman–Crippen LogP) is 1.60. The molecule has 90 valence electrons. The van der Waals surface area contributed by atoms with E-state index in [1.54, 1.807) is 24.7 Å². The molecule has 0 fully saturated rings. The van der Waals surface area contributed by atoms with Gasteiger partial charge < -0.3 is 4.55 Å². The topological polar surface area (TPSA) is 91.8 Å². The Hall–Kier alpha value is -2.12. The molecule has 3 rings (SSSR count). The minimum Gasteiger partial charge on any atom is -0.301 e. The molecule has 3 aromatic heterocycles. The maximum Gasteiger partial charge on any atom is 0.205 e. The van der Waals surface area contributed by atoms with Gasteiger partial charge in [0.2, 0.25) is 11.1 Å². The van der Waals surface area contributed by atoms with Crippen molar-refractivity contribution in [3.05, 3.63) is 36.8 Å². The molecule has 18 heavy (non-hydrogen) atoms. The monoisotopic (exact) mass is 260 g/mol. The van der Waals surface area contributed by atoms with Crippen molar-refractivity contribution in [2.75, 3.05) is 0 Å². The second kappa shape index (κ2) is 4.28. The first kappa shape index (κ1) is 11.0. The lowest BCUT2D eigenvalue weighted by Gasteiger charge is -2.00. The third-order valence-corrected chi connectivity index (χ3v) is 3.20. The van der Waals surface area contributed by atoms with E-state index in [9.17, 15) is 4.21 Å². The van der Waals surface area contributed by atoms with Crippen LogP contribution in [0, 0.1) is 0 Å². The van der Waals surface area contributed by atoms with Crippen molar-refractivity contribution in [1.29, 1.82) is 0 Å². The van der Waals surface area contributed by atoms with E-state index in [1.165, 1.54) is 0 Å². The summed E-state index contributed by atoms with van der Waals surface area (Å²) >= 11 is -2.11. The molecule has 0 saturated carbocycles. The Balaban J connectivity index is 2.21. The number of H-pyrrole nitrogens is 1. The van der Waals surface area contributed by atoms with Gasteiger partial charge >= 0.3 is 0 Å². The molecule has 1 unspecified atom stereocenters. The van der Waals surface area contributed by atoms with E-state index >= 15 is 0 Å². The molecular weight excluding hydrogens is 252 g/mol. The molecule has 2 N–H and O–H groups in total. The zero-order valence-corrected chi connectivity index (χ0v) is 9.89. The highest BCUT2D eigenvalue weighted by Crippen LogP contribution is 2.23. The van der Waals surface area contributed by atoms with Crippen molar-refractivity contribution in [1.82, 2.24) is 20.2 Å². The van der Waals surface area contributed by atoms with Crippen LogP contribution in [0.4, 0.5) is 0 Å². The van der Waals surface area contributed by atoms with Gasteiger partial charge in [0.25, 0.3) is 0 Å². The van der Waals surface area contributed by atoms with Crippen molar-refractivity contribution < 1.29 is 8.76 Å². The molecule has 0 radical (unpaired) electrons. The van der Waals surface area contributed by atoms with Gasteiger partial charge in [-0.25, -0.2) is 9.19 Å². The standard InChI is InChI=1S/C11H8N4O2S/c16-18(17)11-9-4-8(6-13-10(9)14-15-11)7-2-1-3-12-5-7/h1-6H,(H,16,17)(H,13,14,15). The number of nitrogens with zero attached hydrogens (tertiary/aromatic N) is 3. The van der Waals surface area contributed by atoms with Gasteiger partial charge in [-0.05, 0) is 12.1 Å². The minimum absolute atomic E-state index is 0.156. The van der Waals surface area contributed by atoms with Gasteiger partial charge in [0, 0.05) is 29.7 Å². The van der Waals surface area contributed by atoms with E-state index in [1.807, 2.05) is 12.1 Å². The van der Waals surface area contributed by atoms with Gasteiger partial charge in [-0.1, -0.05) is 6.07 Å². The van der Waals surface area contributed by atoms with Crippen LogP contribution >= 0.6 is 0 Å². The van der Waals surface area contributed by atoms with Crippen LogP contribution in [0.5, 0.6) is 0 Å². The summed E-state index contributed by atoms with van der Waals surface area (Å²) in [4.78, 5) is 8.17. The maximum atomic E-state index is 11.1. The number of rotatable bonds is 2. The molecule has 3 heterocycles. The number of aromatic nitrogens is 4. The number of hydrogen-bond donors (Lipinski definition) is 2. The Morgan fingerprint density at radius 1 is 1.28 bits per heavy atom. The Labute approximate surface area is 104 Å². The van der Waals surface area contributed by atoms with Crippen molar-refractivity contribution in [3.8, 4) is 11.1 Å². The van der Waals surface area contributed by atoms with E-state index in [4.69, 9.17) is 4.55 Å². The Kier molecular flexibility index (Phi) is 2.62. The molecule has 0 bridgehead atoms. The normalized spacial score (nSPS) is 12.7. The van der Waals surface area contributed by atoms with Gasteiger partial charge in [-0.3, -0.25) is 10.1 Å². The summed E-state index contributed by atoms with van der Waals surface area (Å²) in [6.45, 7) is 0. The third kappa shape index (κ3) is 1.79. The molecule has 1 atom stereocenters. The lowest BCUT2D eigenvalue weighted by Crippen LogP contribution is -1.89. The van der Waals surface area contributed by atoms with E-state index < -0.39 is 11.1 Å². The number of aromatic amines is 1. The zero-order chi connectivity index (χ0) is 12.5. The molecule has 6 nitrogen and oxygen atoms in total. The molecule has 0 aromatic carbocycles. The summed E-state index contributed by atoms with van der Waals surface area (Å²) < 4.78 is 20.3. The van der Waals surface area contributed by atoms with Crippen LogP contribution < -0.4 is 0 Å². The molecular formula is C11H8N4O2S. The largest absolute Gasteiger partial charge is 0.301 e. The van der Waals surface area contributed by atoms with Crippen molar-refractivity contribution in [2.24, 2.45) is 0 Å². The van der Waals surface area contributed by atoms with Crippen LogP contribution in [0.2, 0.25) is 0 Å². The highest BCUT2D eigenvalue weighted by atomic mass is 32.2. The molecule has 0 spiro atoms. The average molecular weight is 260 g/mol. The SMILES string of the molecule is O=S(O)c1[nH]nc2ncc(-c3cccnc3)cc12. The fourth-order valence-electron chi connectivity index (χ4n) is 1.70. The van der Waals surface area contributed by atoms with Gasteiger partial charge in [0.15, 0.2) is 10.7 Å². The molecule has 0 aliphatic rings. The highest BCUT2D eigenvalue weighted by Gasteiger charge is 2.12. The second-order valence-corrected chi connectivity index (χ2v) is 4.55. The van der Waals surface area contributed by atoms with Gasteiger partial charge in [-0.15, -0.1) is 0 Å². The summed E-state index contributed by atoms with van der Waals surface area (Å²) in [6, 6.07) is 5.48. The fourth-order valence-corrected chi connectivity index (χ4v) is 2.16. The van der Waals surface area contributed by atoms with Crippen LogP contribution in [0.25, 0.3) is 22.2 Å². The predicted molar refractivity (Wildman–Crippen MR) is 66.2 cm³/mol. The number of nitrogens with one attached hydrogen (secondary N) is 1. The van der Waals surface area contributed by atoms with Crippen molar-refractivity contribution in [3.63, 3.8) is 0 Å². The summed E-state index contributed by atoms with van der Waals surface area (Å²) in [7, 11) is 0. The lowest BCUT2D eigenvalue weighted by atomic mass is 10.1. The van der Waals surface area contributed by atoms with Gasteiger partial charge in [0.1, 0.15) is 0 Å². The molecule has 0 aliphatic heterocycles. The minimum atomic E-state index is -2.11. The summed E-state index contributed by atoms with van der Waals surface area (Å²) in [5, 5.41) is 7.08.